The normalized spacial score (nSPS) is 12.2. The van der Waals surface area contributed by atoms with Crippen LogP contribution >= 0.6 is 23.2 Å². The number of benzene rings is 1. The predicted octanol–water partition coefficient (Wildman–Crippen LogP) is 4.56. The van der Waals surface area contributed by atoms with Gasteiger partial charge < -0.3 is 5.32 Å². The lowest BCUT2D eigenvalue weighted by atomic mass is 10.2. The Hall–Kier alpha value is -1.25. The molecule has 2 rings (SSSR count). The van der Waals surface area contributed by atoms with Crippen molar-refractivity contribution in [1.29, 1.82) is 0 Å². The number of anilines is 1. The second-order valence-corrected chi connectivity index (χ2v) is 4.51. The molecule has 2 aromatic rings. The van der Waals surface area contributed by atoms with E-state index in [0.717, 1.165) is 11.4 Å². The number of rotatable bonds is 3. The summed E-state index contributed by atoms with van der Waals surface area (Å²) in [7, 11) is 0. The van der Waals surface area contributed by atoms with Crippen LogP contribution in [0, 0.1) is 0 Å². The predicted molar refractivity (Wildman–Crippen MR) is 72.7 cm³/mol. The van der Waals surface area contributed by atoms with Gasteiger partial charge in [0.15, 0.2) is 0 Å². The summed E-state index contributed by atoms with van der Waals surface area (Å²) in [5.74, 6) is 0. The molecule has 1 heterocycles. The minimum absolute atomic E-state index is 0.0761. The molecule has 1 aromatic carbocycles. The number of nitrogens with one attached hydrogen (secondary N) is 1. The Morgan fingerprint density at radius 1 is 1.12 bits per heavy atom. The smallest absolute Gasteiger partial charge is 0.0823 e. The van der Waals surface area contributed by atoms with Crippen LogP contribution in [0.1, 0.15) is 18.7 Å². The topological polar surface area (TPSA) is 24.9 Å². The van der Waals surface area contributed by atoms with Gasteiger partial charge >= 0.3 is 0 Å². The summed E-state index contributed by atoms with van der Waals surface area (Å²) >= 11 is 12.1. The van der Waals surface area contributed by atoms with Gasteiger partial charge in [0.1, 0.15) is 0 Å². The summed E-state index contributed by atoms with van der Waals surface area (Å²) in [5.41, 5.74) is 1.78. The van der Waals surface area contributed by atoms with E-state index in [1.807, 2.05) is 37.3 Å². The molecule has 0 saturated heterocycles. The van der Waals surface area contributed by atoms with Gasteiger partial charge in [0.25, 0.3) is 0 Å². The summed E-state index contributed by atoms with van der Waals surface area (Å²) in [6.07, 6.45) is 1.77. The van der Waals surface area contributed by atoms with E-state index in [0.29, 0.717) is 10.0 Å². The van der Waals surface area contributed by atoms with Crippen LogP contribution in [0.3, 0.4) is 0 Å². The van der Waals surface area contributed by atoms with Gasteiger partial charge in [-0.25, -0.2) is 0 Å². The summed E-state index contributed by atoms with van der Waals surface area (Å²) in [6.45, 7) is 2.03. The highest BCUT2D eigenvalue weighted by atomic mass is 35.5. The van der Waals surface area contributed by atoms with Gasteiger partial charge in [0, 0.05) is 6.20 Å². The first kappa shape index (κ1) is 12.2. The van der Waals surface area contributed by atoms with Crippen molar-refractivity contribution in [3.63, 3.8) is 0 Å². The molecular formula is C13H12Cl2N2. The zero-order valence-corrected chi connectivity index (χ0v) is 10.8. The first-order chi connectivity index (χ1) is 8.18. The second kappa shape index (κ2) is 5.39. The third-order valence-corrected chi connectivity index (χ3v) is 3.27. The molecule has 17 heavy (non-hydrogen) atoms. The van der Waals surface area contributed by atoms with Crippen LogP contribution in [-0.4, -0.2) is 4.98 Å². The standard InChI is InChI=1S/C13H12Cl2N2/c1-9(11-6-2-3-8-16-11)17-12-7-4-5-10(14)13(12)15/h2-9,17H,1H3. The molecule has 88 valence electrons. The van der Waals surface area contributed by atoms with Gasteiger partial charge in [-0.15, -0.1) is 0 Å². The van der Waals surface area contributed by atoms with Crippen molar-refractivity contribution in [2.75, 3.05) is 5.32 Å². The molecule has 1 aromatic heterocycles. The maximum Gasteiger partial charge on any atom is 0.0823 e. The van der Waals surface area contributed by atoms with Crippen LogP contribution in [0.4, 0.5) is 5.69 Å². The Balaban J connectivity index is 2.19. The molecule has 2 nitrogen and oxygen atoms in total. The number of halogens is 2. The Morgan fingerprint density at radius 3 is 2.65 bits per heavy atom. The van der Waals surface area contributed by atoms with E-state index in [2.05, 4.69) is 10.3 Å². The van der Waals surface area contributed by atoms with E-state index in [9.17, 15) is 0 Å². The Labute approximate surface area is 111 Å². The van der Waals surface area contributed by atoms with Gasteiger partial charge in [-0.1, -0.05) is 35.3 Å². The van der Waals surface area contributed by atoms with Gasteiger partial charge in [-0.05, 0) is 31.2 Å². The molecule has 0 radical (unpaired) electrons. The van der Waals surface area contributed by atoms with Crippen molar-refractivity contribution in [2.24, 2.45) is 0 Å². The van der Waals surface area contributed by atoms with Crippen molar-refractivity contribution < 1.29 is 0 Å². The fraction of sp³-hybridized carbons (Fsp3) is 0.154. The van der Waals surface area contributed by atoms with E-state index < -0.39 is 0 Å². The number of hydrogen-bond acceptors (Lipinski definition) is 2. The molecule has 0 spiro atoms. The van der Waals surface area contributed by atoms with Crippen molar-refractivity contribution in [2.45, 2.75) is 13.0 Å². The monoisotopic (exact) mass is 266 g/mol. The van der Waals surface area contributed by atoms with Gasteiger partial charge in [0.2, 0.25) is 0 Å². The molecule has 1 unspecified atom stereocenters. The molecule has 0 aliphatic rings. The summed E-state index contributed by atoms with van der Waals surface area (Å²) in [4.78, 5) is 4.29. The van der Waals surface area contributed by atoms with Crippen LogP contribution in [-0.2, 0) is 0 Å². The van der Waals surface area contributed by atoms with E-state index in [-0.39, 0.29) is 6.04 Å². The first-order valence-corrected chi connectivity index (χ1v) is 6.05. The highest BCUT2D eigenvalue weighted by Gasteiger charge is 2.09. The van der Waals surface area contributed by atoms with Crippen LogP contribution in [0.2, 0.25) is 10.0 Å². The molecular weight excluding hydrogens is 255 g/mol. The van der Waals surface area contributed by atoms with Crippen molar-refractivity contribution in [3.05, 3.63) is 58.3 Å². The lowest BCUT2D eigenvalue weighted by molar-refractivity contribution is 0.839. The van der Waals surface area contributed by atoms with Gasteiger partial charge in [-0.3, -0.25) is 4.98 Å². The van der Waals surface area contributed by atoms with E-state index in [1.165, 1.54) is 0 Å². The van der Waals surface area contributed by atoms with Crippen molar-refractivity contribution >= 4 is 28.9 Å². The van der Waals surface area contributed by atoms with Crippen LogP contribution < -0.4 is 5.32 Å². The minimum atomic E-state index is 0.0761. The van der Waals surface area contributed by atoms with E-state index >= 15 is 0 Å². The SMILES string of the molecule is CC(Nc1cccc(Cl)c1Cl)c1ccccn1. The number of hydrogen-bond donors (Lipinski definition) is 1. The highest BCUT2D eigenvalue weighted by molar-refractivity contribution is 6.43. The van der Waals surface area contributed by atoms with Gasteiger partial charge in [-0.2, -0.15) is 0 Å². The quantitative estimate of drug-likeness (QED) is 0.881. The lowest BCUT2D eigenvalue weighted by Gasteiger charge is -2.16. The molecule has 0 aliphatic heterocycles. The van der Waals surface area contributed by atoms with E-state index in [1.54, 1.807) is 12.3 Å². The molecule has 4 heteroatoms. The van der Waals surface area contributed by atoms with Crippen LogP contribution in [0.25, 0.3) is 0 Å². The van der Waals surface area contributed by atoms with Gasteiger partial charge in [0.05, 0.1) is 27.5 Å². The zero-order valence-electron chi connectivity index (χ0n) is 9.32. The average Bonchev–Trinajstić information content (AvgIpc) is 2.36. The number of pyridine rings is 1. The summed E-state index contributed by atoms with van der Waals surface area (Å²) in [5, 5.41) is 4.37. The molecule has 1 N–H and O–H groups in total. The van der Waals surface area contributed by atoms with Crippen LogP contribution in [0.5, 0.6) is 0 Å². The molecule has 0 saturated carbocycles. The largest absolute Gasteiger partial charge is 0.376 e. The molecule has 0 aliphatic carbocycles. The fourth-order valence-corrected chi connectivity index (χ4v) is 1.91. The minimum Gasteiger partial charge on any atom is -0.376 e. The van der Waals surface area contributed by atoms with Crippen LogP contribution in [0.15, 0.2) is 42.6 Å². The van der Waals surface area contributed by atoms with Crippen molar-refractivity contribution in [3.8, 4) is 0 Å². The maximum atomic E-state index is 6.11. The second-order valence-electron chi connectivity index (χ2n) is 3.72. The van der Waals surface area contributed by atoms with E-state index in [4.69, 9.17) is 23.2 Å². The molecule has 0 bridgehead atoms. The Kier molecular flexibility index (Phi) is 3.87. The number of nitrogens with zero attached hydrogens (tertiary/aromatic N) is 1. The highest BCUT2D eigenvalue weighted by Crippen LogP contribution is 2.31. The molecule has 0 fully saturated rings. The zero-order chi connectivity index (χ0) is 12.3. The Bertz CT molecular complexity index is 500. The average molecular weight is 267 g/mol. The third-order valence-electron chi connectivity index (χ3n) is 2.46. The van der Waals surface area contributed by atoms with Crippen molar-refractivity contribution in [1.82, 2.24) is 4.98 Å². The summed E-state index contributed by atoms with van der Waals surface area (Å²) < 4.78 is 0. The first-order valence-electron chi connectivity index (χ1n) is 5.30. The Morgan fingerprint density at radius 2 is 1.94 bits per heavy atom. The fourth-order valence-electron chi connectivity index (χ4n) is 1.55. The summed E-state index contributed by atoms with van der Waals surface area (Å²) in [6, 6.07) is 11.4. The number of aromatic nitrogens is 1. The third kappa shape index (κ3) is 2.90. The lowest BCUT2D eigenvalue weighted by Crippen LogP contribution is -2.08. The molecule has 1 atom stereocenters. The molecule has 0 amide bonds. The maximum absolute atomic E-state index is 6.11.